The summed E-state index contributed by atoms with van der Waals surface area (Å²) in [5.41, 5.74) is 7.91. The molecule has 2 atom stereocenters. The van der Waals surface area contributed by atoms with Crippen molar-refractivity contribution >= 4 is 34.2 Å². The van der Waals surface area contributed by atoms with E-state index in [1.807, 2.05) is 36.9 Å². The first-order valence-electron chi connectivity index (χ1n) is 6.83. The zero-order chi connectivity index (χ0) is 14.0. The Labute approximate surface area is 135 Å². The quantitative estimate of drug-likeness (QED) is 0.876. The summed E-state index contributed by atoms with van der Waals surface area (Å²) in [5, 5.41) is 0. The number of nitrogens with two attached hydrogens (primary N) is 1. The van der Waals surface area contributed by atoms with Crippen molar-refractivity contribution in [1.29, 1.82) is 0 Å². The Hall–Kier alpha value is -0.580. The van der Waals surface area contributed by atoms with E-state index in [9.17, 15) is 4.79 Å². The number of nitrogens with zero attached hydrogens (tertiary/aromatic N) is 1. The van der Waals surface area contributed by atoms with E-state index in [4.69, 9.17) is 5.73 Å². The number of benzene rings is 1. The maximum atomic E-state index is 12.7. The van der Waals surface area contributed by atoms with Crippen molar-refractivity contribution in [1.82, 2.24) is 4.90 Å². The maximum Gasteiger partial charge on any atom is 0.255 e. The summed E-state index contributed by atoms with van der Waals surface area (Å²) in [6, 6.07) is 6.04. The first-order valence-corrected chi connectivity index (χ1v) is 7.62. The number of piperidine rings is 1. The van der Waals surface area contributed by atoms with Gasteiger partial charge in [-0.3, -0.25) is 4.79 Å². The number of rotatable bonds is 2. The van der Waals surface area contributed by atoms with E-state index in [-0.39, 0.29) is 30.4 Å². The van der Waals surface area contributed by atoms with Gasteiger partial charge in [-0.15, -0.1) is 12.4 Å². The van der Waals surface area contributed by atoms with Crippen molar-refractivity contribution in [3.8, 4) is 0 Å². The number of aryl methyl sites for hydroxylation is 1. The highest BCUT2D eigenvalue weighted by molar-refractivity contribution is 9.10. The molecule has 0 bridgehead atoms. The molecule has 1 aromatic carbocycles. The summed E-state index contributed by atoms with van der Waals surface area (Å²) in [6.07, 6.45) is 3.23. The predicted molar refractivity (Wildman–Crippen MR) is 88.5 cm³/mol. The van der Waals surface area contributed by atoms with Gasteiger partial charge >= 0.3 is 0 Å². The Balaban J connectivity index is 0.00000200. The molecule has 5 heteroatoms. The standard InChI is InChI=1S/C15H21BrN2O.ClH/c1-10-6-7-12(13(16)9-10)15(19)18-8-4-3-5-14(18)11(2)17;/h6-7,9,11,14H,3-5,8,17H2,1-2H3;1H. The van der Waals surface area contributed by atoms with Crippen LogP contribution in [0.1, 0.15) is 42.1 Å². The number of hydrogen-bond donors (Lipinski definition) is 1. The third-order valence-electron chi connectivity index (χ3n) is 3.77. The fraction of sp³-hybridized carbons (Fsp3) is 0.533. The Morgan fingerprint density at radius 1 is 1.45 bits per heavy atom. The average Bonchev–Trinajstić information content (AvgIpc) is 2.38. The van der Waals surface area contributed by atoms with Crippen molar-refractivity contribution < 1.29 is 4.79 Å². The molecule has 0 aromatic heterocycles. The SMILES string of the molecule is Cc1ccc(C(=O)N2CCCCC2C(C)N)c(Br)c1.Cl. The lowest BCUT2D eigenvalue weighted by molar-refractivity contribution is 0.0583. The second kappa shape index (κ2) is 7.43. The van der Waals surface area contributed by atoms with Crippen LogP contribution in [-0.4, -0.2) is 29.4 Å². The monoisotopic (exact) mass is 360 g/mol. The van der Waals surface area contributed by atoms with E-state index in [0.717, 1.165) is 41.4 Å². The molecule has 1 amide bonds. The number of carbonyl (C=O) groups is 1. The first-order chi connectivity index (χ1) is 9.00. The molecule has 1 fully saturated rings. The van der Waals surface area contributed by atoms with E-state index >= 15 is 0 Å². The third-order valence-corrected chi connectivity index (χ3v) is 4.43. The van der Waals surface area contributed by atoms with Crippen molar-refractivity contribution in [3.05, 3.63) is 33.8 Å². The number of halogens is 2. The molecule has 2 N–H and O–H groups in total. The molecule has 0 aliphatic carbocycles. The lowest BCUT2D eigenvalue weighted by Crippen LogP contribution is -2.51. The summed E-state index contributed by atoms with van der Waals surface area (Å²) in [7, 11) is 0. The zero-order valence-electron chi connectivity index (χ0n) is 11.9. The number of carbonyl (C=O) groups excluding carboxylic acids is 1. The average molecular weight is 362 g/mol. The van der Waals surface area contributed by atoms with Crippen LogP contribution in [0.15, 0.2) is 22.7 Å². The van der Waals surface area contributed by atoms with E-state index in [0.29, 0.717) is 0 Å². The molecule has 112 valence electrons. The van der Waals surface area contributed by atoms with Crippen LogP contribution in [0.4, 0.5) is 0 Å². The van der Waals surface area contributed by atoms with Crippen LogP contribution in [0.2, 0.25) is 0 Å². The topological polar surface area (TPSA) is 46.3 Å². The lowest BCUT2D eigenvalue weighted by Gasteiger charge is -2.38. The first kappa shape index (κ1) is 17.5. The van der Waals surface area contributed by atoms with E-state index < -0.39 is 0 Å². The molecule has 3 nitrogen and oxygen atoms in total. The van der Waals surface area contributed by atoms with Crippen LogP contribution in [0.25, 0.3) is 0 Å². The fourth-order valence-electron chi connectivity index (χ4n) is 2.70. The molecule has 0 saturated carbocycles. The van der Waals surface area contributed by atoms with E-state index in [1.54, 1.807) is 0 Å². The van der Waals surface area contributed by atoms with Gasteiger partial charge in [0.15, 0.2) is 0 Å². The van der Waals surface area contributed by atoms with Gasteiger partial charge in [-0.1, -0.05) is 6.07 Å². The highest BCUT2D eigenvalue weighted by Gasteiger charge is 2.30. The van der Waals surface area contributed by atoms with Gasteiger partial charge in [0.2, 0.25) is 0 Å². The number of amides is 1. The summed E-state index contributed by atoms with van der Waals surface area (Å²) in [4.78, 5) is 14.6. The molecular formula is C15H22BrClN2O. The predicted octanol–water partition coefficient (Wildman–Crippen LogP) is 3.52. The maximum absolute atomic E-state index is 12.7. The van der Waals surface area contributed by atoms with Gasteiger partial charge in [0.25, 0.3) is 5.91 Å². The number of likely N-dealkylation sites (tertiary alicyclic amines) is 1. The summed E-state index contributed by atoms with van der Waals surface area (Å²) in [6.45, 7) is 4.82. The van der Waals surface area contributed by atoms with Gasteiger partial charge in [-0.25, -0.2) is 0 Å². The van der Waals surface area contributed by atoms with Gasteiger partial charge in [-0.2, -0.15) is 0 Å². The van der Waals surface area contributed by atoms with Gasteiger partial charge < -0.3 is 10.6 Å². The Bertz CT molecular complexity index is 479. The molecule has 2 unspecified atom stereocenters. The zero-order valence-corrected chi connectivity index (χ0v) is 14.3. The summed E-state index contributed by atoms with van der Waals surface area (Å²) >= 11 is 3.49. The third kappa shape index (κ3) is 3.74. The van der Waals surface area contributed by atoms with Gasteiger partial charge in [-0.05, 0) is 66.7 Å². The highest BCUT2D eigenvalue weighted by atomic mass is 79.9. The molecule has 1 aliphatic rings. The number of hydrogen-bond acceptors (Lipinski definition) is 2. The molecule has 20 heavy (non-hydrogen) atoms. The minimum absolute atomic E-state index is 0. The molecule has 2 rings (SSSR count). The van der Waals surface area contributed by atoms with Crippen molar-refractivity contribution in [3.63, 3.8) is 0 Å². The molecular weight excluding hydrogens is 340 g/mol. The van der Waals surface area contributed by atoms with Crippen LogP contribution < -0.4 is 5.73 Å². The van der Waals surface area contributed by atoms with E-state index in [1.165, 1.54) is 0 Å². The van der Waals surface area contributed by atoms with E-state index in [2.05, 4.69) is 15.9 Å². The fourth-order valence-corrected chi connectivity index (χ4v) is 3.37. The van der Waals surface area contributed by atoms with Gasteiger partial charge in [0.1, 0.15) is 0 Å². The van der Waals surface area contributed by atoms with Gasteiger partial charge in [0.05, 0.1) is 5.56 Å². The molecule has 1 saturated heterocycles. The lowest BCUT2D eigenvalue weighted by atomic mass is 9.96. The molecule has 1 heterocycles. The normalized spacial score (nSPS) is 20.2. The molecule has 0 spiro atoms. The summed E-state index contributed by atoms with van der Waals surface area (Å²) < 4.78 is 0.867. The molecule has 0 radical (unpaired) electrons. The largest absolute Gasteiger partial charge is 0.334 e. The highest BCUT2D eigenvalue weighted by Crippen LogP contribution is 2.25. The second-order valence-corrected chi connectivity index (χ2v) is 6.26. The minimum Gasteiger partial charge on any atom is -0.334 e. The Kier molecular flexibility index (Phi) is 6.49. The van der Waals surface area contributed by atoms with Crippen molar-refractivity contribution in [2.75, 3.05) is 6.54 Å². The van der Waals surface area contributed by atoms with Gasteiger partial charge in [0, 0.05) is 23.1 Å². The second-order valence-electron chi connectivity index (χ2n) is 5.40. The minimum atomic E-state index is 0. The van der Waals surface area contributed by atoms with Crippen molar-refractivity contribution in [2.45, 2.75) is 45.2 Å². The van der Waals surface area contributed by atoms with Crippen LogP contribution >= 0.6 is 28.3 Å². The van der Waals surface area contributed by atoms with Crippen molar-refractivity contribution in [2.24, 2.45) is 5.73 Å². The van der Waals surface area contributed by atoms with Crippen LogP contribution in [-0.2, 0) is 0 Å². The van der Waals surface area contributed by atoms with Crippen LogP contribution in [0.3, 0.4) is 0 Å². The Morgan fingerprint density at radius 3 is 2.75 bits per heavy atom. The molecule has 1 aromatic rings. The Morgan fingerprint density at radius 2 is 2.15 bits per heavy atom. The molecule has 1 aliphatic heterocycles. The summed E-state index contributed by atoms with van der Waals surface area (Å²) in [5.74, 6) is 0.0916. The van der Waals surface area contributed by atoms with Crippen LogP contribution in [0.5, 0.6) is 0 Å². The van der Waals surface area contributed by atoms with Crippen LogP contribution in [0, 0.1) is 6.92 Å². The smallest absolute Gasteiger partial charge is 0.255 e.